The van der Waals surface area contributed by atoms with E-state index in [1.807, 2.05) is 48.5 Å². The molecule has 1 aliphatic heterocycles. The van der Waals surface area contributed by atoms with Gasteiger partial charge in [0.05, 0.1) is 16.8 Å². The first-order chi connectivity index (χ1) is 17.3. The molecule has 0 unspecified atom stereocenters. The normalized spacial score (nSPS) is 15.3. The molecule has 1 aliphatic rings. The molecule has 0 bridgehead atoms. The first-order valence-electron chi connectivity index (χ1n) is 11.5. The van der Waals surface area contributed by atoms with Crippen LogP contribution >= 0.6 is 27.3 Å². The van der Waals surface area contributed by atoms with Crippen molar-refractivity contribution < 1.29 is 17.6 Å². The Morgan fingerprint density at radius 2 is 1.75 bits per heavy atom. The number of rotatable bonds is 6. The zero-order valence-corrected chi connectivity index (χ0v) is 22.4. The number of hydrogen-bond acceptors (Lipinski definition) is 5. The molecule has 0 spiro atoms. The molecule has 1 amide bonds. The molecule has 1 fully saturated rings. The van der Waals surface area contributed by atoms with Gasteiger partial charge in [0.2, 0.25) is 15.9 Å². The predicted octanol–water partition coefficient (Wildman–Crippen LogP) is 5.83. The number of amides is 1. The summed E-state index contributed by atoms with van der Waals surface area (Å²) in [7, 11) is -3.97. The first-order valence-corrected chi connectivity index (χ1v) is 14.5. The van der Waals surface area contributed by atoms with E-state index in [1.54, 1.807) is 4.90 Å². The third-order valence-electron chi connectivity index (χ3n) is 6.28. The van der Waals surface area contributed by atoms with E-state index in [2.05, 4.69) is 15.9 Å². The highest BCUT2D eigenvalue weighted by Crippen LogP contribution is 2.34. The number of halogens is 2. The van der Waals surface area contributed by atoms with Crippen molar-refractivity contribution in [3.05, 3.63) is 88.6 Å². The van der Waals surface area contributed by atoms with Gasteiger partial charge in [-0.2, -0.15) is 4.31 Å². The molecule has 6 nitrogen and oxygen atoms in total. The summed E-state index contributed by atoms with van der Waals surface area (Å²) < 4.78 is 43.3. The van der Waals surface area contributed by atoms with E-state index < -0.39 is 15.8 Å². The average molecular weight is 589 g/mol. The lowest BCUT2D eigenvalue weighted by Gasteiger charge is -2.33. The molecule has 3 aromatic carbocycles. The van der Waals surface area contributed by atoms with E-state index in [-0.39, 0.29) is 29.8 Å². The molecular weight excluding hydrogens is 565 g/mol. The third-order valence-corrected chi connectivity index (χ3v) is 9.74. The van der Waals surface area contributed by atoms with Gasteiger partial charge >= 0.3 is 0 Å². The van der Waals surface area contributed by atoms with Crippen molar-refractivity contribution in [1.29, 1.82) is 0 Å². The molecule has 0 aliphatic carbocycles. The maximum absolute atomic E-state index is 14.2. The van der Waals surface area contributed by atoms with Crippen molar-refractivity contribution in [3.8, 4) is 0 Å². The lowest BCUT2D eigenvalue weighted by Crippen LogP contribution is -2.44. The van der Waals surface area contributed by atoms with Crippen molar-refractivity contribution in [2.45, 2.75) is 24.3 Å². The fourth-order valence-corrected chi connectivity index (χ4v) is 7.42. The second-order valence-corrected chi connectivity index (χ2v) is 12.5. The number of fused-ring (bicyclic) bond motifs is 1. The van der Waals surface area contributed by atoms with Gasteiger partial charge in [-0.15, -0.1) is 0 Å². The van der Waals surface area contributed by atoms with Gasteiger partial charge < -0.3 is 0 Å². The second-order valence-electron chi connectivity index (χ2n) is 8.63. The molecule has 2 heterocycles. The summed E-state index contributed by atoms with van der Waals surface area (Å²) in [6, 6.07) is 20.9. The summed E-state index contributed by atoms with van der Waals surface area (Å²) in [4.78, 5) is 19.9. The number of carbonyl (C=O) groups excluding carboxylic acids is 1. The minimum atomic E-state index is -3.97. The Balaban J connectivity index is 1.38. The van der Waals surface area contributed by atoms with Crippen LogP contribution in [0.25, 0.3) is 10.2 Å². The first kappa shape index (κ1) is 25.0. The van der Waals surface area contributed by atoms with E-state index in [9.17, 15) is 17.6 Å². The van der Waals surface area contributed by atoms with Crippen LogP contribution in [0.3, 0.4) is 0 Å². The molecule has 0 atom stereocenters. The molecule has 186 valence electrons. The fourth-order valence-electron chi connectivity index (χ4n) is 4.36. The van der Waals surface area contributed by atoms with Gasteiger partial charge in [0.15, 0.2) is 5.13 Å². The molecular formula is C26H23BrFN3O3S2. The Labute approximate surface area is 221 Å². The molecule has 0 radical (unpaired) electrons. The number of hydrogen-bond donors (Lipinski definition) is 0. The van der Waals surface area contributed by atoms with E-state index in [4.69, 9.17) is 4.98 Å². The zero-order valence-electron chi connectivity index (χ0n) is 19.2. The predicted molar refractivity (Wildman–Crippen MR) is 143 cm³/mol. The van der Waals surface area contributed by atoms with Crippen LogP contribution in [-0.2, 0) is 21.4 Å². The minimum absolute atomic E-state index is 0.0834. The average Bonchev–Trinajstić information content (AvgIpc) is 3.30. The summed E-state index contributed by atoms with van der Waals surface area (Å²) in [6.45, 7) is 0.673. The highest BCUT2D eigenvalue weighted by atomic mass is 79.9. The Morgan fingerprint density at radius 1 is 1.06 bits per heavy atom. The lowest BCUT2D eigenvalue weighted by molar-refractivity contribution is -0.123. The topological polar surface area (TPSA) is 70.6 Å². The molecule has 0 saturated carbocycles. The number of carbonyl (C=O) groups is 1. The molecule has 5 rings (SSSR count). The maximum Gasteiger partial charge on any atom is 0.245 e. The monoisotopic (exact) mass is 587 g/mol. The van der Waals surface area contributed by atoms with E-state index in [0.717, 1.165) is 26.3 Å². The molecule has 4 aromatic rings. The summed E-state index contributed by atoms with van der Waals surface area (Å²) in [6.07, 6.45) is 0.711. The van der Waals surface area contributed by atoms with Gasteiger partial charge in [0.1, 0.15) is 10.7 Å². The Kier molecular flexibility index (Phi) is 7.21. The number of aromatic nitrogens is 1. The van der Waals surface area contributed by atoms with E-state index in [0.29, 0.717) is 24.5 Å². The van der Waals surface area contributed by atoms with Crippen molar-refractivity contribution in [2.24, 2.45) is 5.92 Å². The Hall–Kier alpha value is -2.66. The zero-order chi connectivity index (χ0) is 25.3. The van der Waals surface area contributed by atoms with Crippen molar-refractivity contribution in [3.63, 3.8) is 0 Å². The molecule has 1 aromatic heterocycles. The highest BCUT2D eigenvalue weighted by Gasteiger charge is 2.36. The second kappa shape index (κ2) is 10.4. The molecule has 1 saturated heterocycles. The van der Waals surface area contributed by atoms with Crippen LogP contribution in [0.4, 0.5) is 9.52 Å². The highest BCUT2D eigenvalue weighted by molar-refractivity contribution is 9.10. The van der Waals surface area contributed by atoms with E-state index in [1.165, 1.54) is 33.8 Å². The van der Waals surface area contributed by atoms with Crippen molar-refractivity contribution in [1.82, 2.24) is 9.29 Å². The summed E-state index contributed by atoms with van der Waals surface area (Å²) in [5, 5.41) is 0.610. The van der Waals surface area contributed by atoms with Gasteiger partial charge in [-0.05, 0) is 48.7 Å². The number of thiazole rings is 1. The van der Waals surface area contributed by atoms with Crippen LogP contribution < -0.4 is 4.90 Å². The summed E-state index contributed by atoms with van der Waals surface area (Å²) in [5.41, 5.74) is 1.79. The van der Waals surface area contributed by atoms with Crippen LogP contribution in [0.5, 0.6) is 0 Å². The van der Waals surface area contributed by atoms with Gasteiger partial charge in [0, 0.05) is 23.5 Å². The quantitative estimate of drug-likeness (QED) is 0.284. The maximum atomic E-state index is 14.2. The van der Waals surface area contributed by atoms with Crippen LogP contribution in [0.15, 0.2) is 82.2 Å². The van der Waals surface area contributed by atoms with Crippen LogP contribution in [0.1, 0.15) is 18.4 Å². The van der Waals surface area contributed by atoms with Gasteiger partial charge in [0.25, 0.3) is 0 Å². The smallest absolute Gasteiger partial charge is 0.245 e. The summed E-state index contributed by atoms with van der Waals surface area (Å²) in [5.74, 6) is -1.22. The standard InChI is InChI=1S/C26H23BrFN3O3S2/c27-20-10-11-22-23(16-20)35-26(29-22)31(17-18-6-2-1-3-7-18)25(32)19-12-14-30(15-13-19)36(33,34)24-9-5-4-8-21(24)28/h1-11,16,19H,12-15,17H2. The SMILES string of the molecule is O=C(C1CCN(S(=O)(=O)c2ccccc2F)CC1)N(Cc1ccccc1)c1nc2ccc(Br)cc2s1. The largest absolute Gasteiger partial charge is 0.283 e. The Morgan fingerprint density at radius 3 is 2.47 bits per heavy atom. The molecule has 36 heavy (non-hydrogen) atoms. The van der Waals surface area contributed by atoms with E-state index >= 15 is 0 Å². The van der Waals surface area contributed by atoms with Gasteiger partial charge in [-0.3, -0.25) is 9.69 Å². The van der Waals surface area contributed by atoms with Crippen LogP contribution in [0, 0.1) is 11.7 Å². The number of benzene rings is 3. The van der Waals surface area contributed by atoms with Crippen molar-refractivity contribution >= 4 is 58.5 Å². The lowest BCUT2D eigenvalue weighted by atomic mass is 9.96. The Bertz CT molecular complexity index is 1500. The third kappa shape index (κ3) is 5.08. The van der Waals surface area contributed by atoms with Crippen LogP contribution in [-0.4, -0.2) is 36.7 Å². The van der Waals surface area contributed by atoms with Gasteiger partial charge in [-0.1, -0.05) is 69.7 Å². The van der Waals surface area contributed by atoms with Crippen LogP contribution in [0.2, 0.25) is 0 Å². The summed E-state index contributed by atoms with van der Waals surface area (Å²) >= 11 is 4.94. The number of anilines is 1. The fraction of sp³-hybridized carbons (Fsp3) is 0.231. The van der Waals surface area contributed by atoms with Crippen molar-refractivity contribution in [2.75, 3.05) is 18.0 Å². The molecule has 10 heteroatoms. The number of sulfonamides is 1. The number of piperidine rings is 1. The number of nitrogens with zero attached hydrogens (tertiary/aromatic N) is 3. The minimum Gasteiger partial charge on any atom is -0.283 e. The molecule has 0 N–H and O–H groups in total. The van der Waals surface area contributed by atoms with Gasteiger partial charge in [-0.25, -0.2) is 17.8 Å².